The Morgan fingerprint density at radius 3 is 2.83 bits per heavy atom. The van der Waals surface area contributed by atoms with Gasteiger partial charge in [-0.05, 0) is 18.2 Å². The maximum absolute atomic E-state index is 9.97. The standard InChI is InChI=1S/C8H4BrN2O/c9-7-1-2-8(11-5-12)6(3-7)4-10/h1-3H,(H,11,12). The molecule has 0 atom stereocenters. The summed E-state index contributed by atoms with van der Waals surface area (Å²) >= 11 is 3.21. The lowest BCUT2D eigenvalue weighted by molar-refractivity contribution is 0.561. The summed E-state index contributed by atoms with van der Waals surface area (Å²) in [6.07, 6.45) is 1.51. The first-order chi connectivity index (χ1) is 5.77. The monoisotopic (exact) mass is 223 g/mol. The molecule has 0 fully saturated rings. The zero-order valence-electron chi connectivity index (χ0n) is 5.97. The smallest absolute Gasteiger partial charge is 0.314 e. The number of nitrogens with zero attached hydrogens (tertiary/aromatic N) is 1. The highest BCUT2D eigenvalue weighted by molar-refractivity contribution is 9.10. The van der Waals surface area contributed by atoms with Gasteiger partial charge in [0, 0.05) is 4.47 Å². The van der Waals surface area contributed by atoms with E-state index >= 15 is 0 Å². The van der Waals surface area contributed by atoms with E-state index in [0.717, 1.165) is 4.47 Å². The maximum Gasteiger partial charge on any atom is 0.314 e. The van der Waals surface area contributed by atoms with Crippen LogP contribution in [0.15, 0.2) is 22.7 Å². The highest BCUT2D eigenvalue weighted by Crippen LogP contribution is 2.19. The predicted octanol–water partition coefficient (Wildman–Crippen LogP) is 1.80. The molecule has 0 aliphatic rings. The number of anilines is 1. The molecular formula is C8H4BrN2O. The molecule has 3 nitrogen and oxygen atoms in total. The highest BCUT2D eigenvalue weighted by atomic mass is 79.9. The molecule has 1 radical (unpaired) electrons. The van der Waals surface area contributed by atoms with Crippen LogP contribution in [0, 0.1) is 11.3 Å². The van der Waals surface area contributed by atoms with Crippen molar-refractivity contribution < 1.29 is 4.79 Å². The van der Waals surface area contributed by atoms with Crippen molar-refractivity contribution >= 4 is 28.0 Å². The lowest BCUT2D eigenvalue weighted by atomic mass is 10.2. The number of nitrogens with one attached hydrogen (secondary N) is 1. The zero-order valence-corrected chi connectivity index (χ0v) is 7.55. The van der Waals surface area contributed by atoms with Gasteiger partial charge in [-0.1, -0.05) is 15.9 Å². The number of nitriles is 1. The Morgan fingerprint density at radius 2 is 2.25 bits per heavy atom. The maximum atomic E-state index is 9.97. The molecule has 1 aromatic carbocycles. The van der Waals surface area contributed by atoms with Crippen LogP contribution in [0.1, 0.15) is 5.56 Å². The van der Waals surface area contributed by atoms with E-state index < -0.39 is 0 Å². The minimum Gasteiger partial charge on any atom is -0.317 e. The molecule has 1 rings (SSSR count). The number of carbonyl (C=O) groups excluding carboxylic acids is 1. The third-order valence-corrected chi connectivity index (χ3v) is 1.78. The van der Waals surface area contributed by atoms with Crippen molar-refractivity contribution in [3.05, 3.63) is 28.2 Å². The molecule has 0 aliphatic carbocycles. The summed E-state index contributed by atoms with van der Waals surface area (Å²) in [6.45, 7) is 0. The van der Waals surface area contributed by atoms with Crippen molar-refractivity contribution in [3.8, 4) is 6.07 Å². The van der Waals surface area contributed by atoms with Gasteiger partial charge in [0.05, 0.1) is 11.3 Å². The van der Waals surface area contributed by atoms with Crippen LogP contribution in [0.5, 0.6) is 0 Å². The first-order valence-electron chi connectivity index (χ1n) is 3.10. The van der Waals surface area contributed by atoms with Gasteiger partial charge in [-0.25, -0.2) is 0 Å². The molecule has 0 bridgehead atoms. The van der Waals surface area contributed by atoms with Crippen molar-refractivity contribution in [2.45, 2.75) is 0 Å². The van der Waals surface area contributed by atoms with E-state index in [-0.39, 0.29) is 0 Å². The van der Waals surface area contributed by atoms with E-state index in [1.165, 1.54) is 6.41 Å². The van der Waals surface area contributed by atoms with Crippen molar-refractivity contribution in [1.82, 2.24) is 0 Å². The fourth-order valence-electron chi connectivity index (χ4n) is 0.773. The highest BCUT2D eigenvalue weighted by Gasteiger charge is 2.00. The number of hydrogen-bond acceptors (Lipinski definition) is 2. The first-order valence-corrected chi connectivity index (χ1v) is 3.90. The van der Waals surface area contributed by atoms with Gasteiger partial charge in [0.25, 0.3) is 0 Å². The van der Waals surface area contributed by atoms with Gasteiger partial charge in [-0.2, -0.15) is 5.26 Å². The lowest BCUT2D eigenvalue weighted by Gasteiger charge is -1.99. The number of benzene rings is 1. The van der Waals surface area contributed by atoms with Crippen LogP contribution in [0.4, 0.5) is 5.69 Å². The van der Waals surface area contributed by atoms with Gasteiger partial charge < -0.3 is 5.32 Å². The van der Waals surface area contributed by atoms with Crippen LogP contribution < -0.4 is 5.32 Å². The van der Waals surface area contributed by atoms with E-state index in [1.807, 2.05) is 6.07 Å². The number of halogens is 1. The number of rotatable bonds is 2. The summed E-state index contributed by atoms with van der Waals surface area (Å²) < 4.78 is 0.801. The molecule has 0 heterocycles. The normalized spacial score (nSPS) is 8.67. The molecule has 12 heavy (non-hydrogen) atoms. The molecule has 1 aromatic rings. The summed E-state index contributed by atoms with van der Waals surface area (Å²) in [7, 11) is 0. The summed E-state index contributed by atoms with van der Waals surface area (Å²) in [5.41, 5.74) is 0.878. The van der Waals surface area contributed by atoms with Crippen molar-refractivity contribution in [2.24, 2.45) is 0 Å². The summed E-state index contributed by atoms with van der Waals surface area (Å²) in [5.74, 6) is 0. The Morgan fingerprint density at radius 1 is 1.50 bits per heavy atom. The largest absolute Gasteiger partial charge is 0.317 e. The molecule has 0 aliphatic heterocycles. The Balaban J connectivity index is 3.12. The third kappa shape index (κ3) is 1.83. The lowest BCUT2D eigenvalue weighted by Crippen LogP contribution is -1.96. The average molecular weight is 224 g/mol. The van der Waals surface area contributed by atoms with Gasteiger partial charge in [-0.3, -0.25) is 4.79 Å². The molecular weight excluding hydrogens is 220 g/mol. The van der Waals surface area contributed by atoms with Crippen LogP contribution in [0.3, 0.4) is 0 Å². The Hall–Kier alpha value is -1.34. The topological polar surface area (TPSA) is 52.9 Å². The molecule has 0 saturated heterocycles. The summed E-state index contributed by atoms with van der Waals surface area (Å²) in [4.78, 5) is 9.97. The molecule has 4 heteroatoms. The van der Waals surface area contributed by atoms with Gasteiger partial charge in [0.2, 0.25) is 0 Å². The number of amides is 1. The molecule has 59 valence electrons. The molecule has 0 unspecified atom stereocenters. The minimum atomic E-state index is 0.410. The van der Waals surface area contributed by atoms with Crippen LogP contribution in [0.25, 0.3) is 0 Å². The van der Waals surface area contributed by atoms with Crippen molar-refractivity contribution in [3.63, 3.8) is 0 Å². The van der Waals surface area contributed by atoms with Gasteiger partial charge in [-0.15, -0.1) is 0 Å². The minimum absolute atomic E-state index is 0.410. The zero-order chi connectivity index (χ0) is 8.97. The van der Waals surface area contributed by atoms with E-state index in [1.54, 1.807) is 18.2 Å². The quantitative estimate of drug-likeness (QED) is 0.778. The number of hydrogen-bond donors (Lipinski definition) is 1. The fourth-order valence-corrected chi connectivity index (χ4v) is 1.13. The van der Waals surface area contributed by atoms with E-state index in [0.29, 0.717) is 11.3 Å². The molecule has 0 spiro atoms. The summed E-state index contributed by atoms with van der Waals surface area (Å²) in [6, 6.07) is 6.94. The van der Waals surface area contributed by atoms with Crippen LogP contribution in [-0.4, -0.2) is 6.41 Å². The fraction of sp³-hybridized carbons (Fsp3) is 0. The van der Waals surface area contributed by atoms with Gasteiger partial charge >= 0.3 is 6.41 Å². The van der Waals surface area contributed by atoms with Crippen molar-refractivity contribution in [1.29, 1.82) is 5.26 Å². The van der Waals surface area contributed by atoms with Gasteiger partial charge in [0.1, 0.15) is 6.07 Å². The van der Waals surface area contributed by atoms with E-state index in [2.05, 4.69) is 21.2 Å². The predicted molar refractivity (Wildman–Crippen MR) is 48.2 cm³/mol. The van der Waals surface area contributed by atoms with Gasteiger partial charge in [0.15, 0.2) is 0 Å². The Bertz CT molecular complexity index is 343. The van der Waals surface area contributed by atoms with Crippen molar-refractivity contribution in [2.75, 3.05) is 5.32 Å². The van der Waals surface area contributed by atoms with Crippen LogP contribution in [0.2, 0.25) is 0 Å². The first kappa shape index (κ1) is 8.75. The average Bonchev–Trinajstić information content (AvgIpc) is 2.08. The van der Waals surface area contributed by atoms with E-state index in [4.69, 9.17) is 5.26 Å². The second-order valence-electron chi connectivity index (χ2n) is 2.03. The molecule has 1 amide bonds. The second-order valence-corrected chi connectivity index (χ2v) is 2.94. The Labute approximate surface area is 78.1 Å². The second kappa shape index (κ2) is 3.88. The summed E-state index contributed by atoms with van der Waals surface area (Å²) in [5, 5.41) is 10.9. The molecule has 0 aromatic heterocycles. The van der Waals surface area contributed by atoms with Crippen LogP contribution >= 0.6 is 15.9 Å². The molecule has 1 N–H and O–H groups in total. The Kier molecular flexibility index (Phi) is 2.83. The molecule has 0 saturated carbocycles. The van der Waals surface area contributed by atoms with E-state index in [9.17, 15) is 4.79 Å². The SMILES string of the molecule is N#Cc1cc(Br)ccc1N[C]=O. The third-order valence-electron chi connectivity index (χ3n) is 1.29. The van der Waals surface area contributed by atoms with Crippen LogP contribution in [-0.2, 0) is 4.79 Å².